The minimum atomic E-state index is 0.388. The molecule has 18 heavy (non-hydrogen) atoms. The Morgan fingerprint density at radius 1 is 1.22 bits per heavy atom. The Bertz CT molecular complexity index is 483. The molecule has 0 unspecified atom stereocenters. The molecule has 0 aliphatic carbocycles. The van der Waals surface area contributed by atoms with Gasteiger partial charge in [0.15, 0.2) is 0 Å². The highest BCUT2D eigenvalue weighted by Gasteiger charge is 2.06. The Hall–Kier alpha value is -1.81. The lowest BCUT2D eigenvalue weighted by atomic mass is 9.93. The Labute approximate surface area is 110 Å². The molecular weight excluding hydrogens is 218 g/mol. The highest BCUT2D eigenvalue weighted by atomic mass is 14.2. The fraction of sp³-hybridized carbons (Fsp3) is 0.353. The van der Waals surface area contributed by atoms with Crippen molar-refractivity contribution in [1.82, 2.24) is 0 Å². The summed E-state index contributed by atoms with van der Waals surface area (Å²) in [5, 5.41) is 8.78. The summed E-state index contributed by atoms with van der Waals surface area (Å²) >= 11 is 0. The van der Waals surface area contributed by atoms with Crippen LogP contribution in [0.4, 0.5) is 0 Å². The lowest BCUT2D eigenvalue weighted by molar-refractivity contribution is 0.893. The summed E-state index contributed by atoms with van der Waals surface area (Å²) in [6.45, 7) is 8.67. The molecule has 0 radical (unpaired) electrons. The van der Waals surface area contributed by atoms with Gasteiger partial charge in [-0.3, -0.25) is 0 Å². The normalized spacial score (nSPS) is 14.2. The van der Waals surface area contributed by atoms with Crippen LogP contribution in [0, 0.1) is 11.3 Å². The molecule has 0 spiro atoms. The smallest absolute Gasteiger partial charge is 0.0991 e. The molecule has 0 aliphatic rings. The van der Waals surface area contributed by atoms with Crippen LogP contribution in [0.25, 0.3) is 0 Å². The number of rotatable bonds is 4. The van der Waals surface area contributed by atoms with Gasteiger partial charge in [0.05, 0.1) is 11.6 Å². The van der Waals surface area contributed by atoms with Crippen molar-refractivity contribution >= 4 is 0 Å². The van der Waals surface area contributed by atoms with E-state index in [4.69, 9.17) is 5.26 Å². The molecule has 0 heterocycles. The average Bonchev–Trinajstić information content (AvgIpc) is 2.43. The van der Waals surface area contributed by atoms with Crippen LogP contribution in [0.2, 0.25) is 0 Å². The van der Waals surface area contributed by atoms with Gasteiger partial charge in [-0.15, -0.1) is 0 Å². The molecule has 1 aromatic rings. The first-order chi connectivity index (χ1) is 8.58. The zero-order valence-corrected chi connectivity index (χ0v) is 11.7. The standard InChI is InChI=1S/C17H21N/c1-5-13(2)6-7-14(3)15(4)17-10-8-16(12-18)9-11-17/h6-11,15H,5H2,1-4H3/b13-6+,14-7+/t15-/m0/s1. The Morgan fingerprint density at radius 3 is 2.33 bits per heavy atom. The largest absolute Gasteiger partial charge is 0.192 e. The van der Waals surface area contributed by atoms with Crippen molar-refractivity contribution < 1.29 is 0 Å². The van der Waals surface area contributed by atoms with Crippen molar-refractivity contribution in [2.75, 3.05) is 0 Å². The SMILES string of the molecule is CC/C(C)=C/C=C(\C)[C@H](C)c1ccc(C#N)cc1. The lowest BCUT2D eigenvalue weighted by Gasteiger charge is -2.12. The number of hydrogen-bond acceptors (Lipinski definition) is 1. The monoisotopic (exact) mass is 239 g/mol. The number of allylic oxidation sites excluding steroid dienone is 4. The Balaban J connectivity index is 2.86. The predicted molar refractivity (Wildman–Crippen MR) is 77.4 cm³/mol. The van der Waals surface area contributed by atoms with E-state index < -0.39 is 0 Å². The van der Waals surface area contributed by atoms with Gasteiger partial charge in [-0.1, -0.05) is 49.3 Å². The van der Waals surface area contributed by atoms with Crippen LogP contribution in [-0.4, -0.2) is 0 Å². The summed E-state index contributed by atoms with van der Waals surface area (Å²) in [4.78, 5) is 0. The van der Waals surface area contributed by atoms with Crippen LogP contribution >= 0.6 is 0 Å². The molecule has 94 valence electrons. The summed E-state index contributed by atoms with van der Waals surface area (Å²) < 4.78 is 0. The van der Waals surface area contributed by atoms with Crippen molar-refractivity contribution in [1.29, 1.82) is 5.26 Å². The molecule has 0 N–H and O–H groups in total. The first-order valence-corrected chi connectivity index (χ1v) is 6.42. The molecule has 1 aromatic carbocycles. The van der Waals surface area contributed by atoms with Crippen LogP contribution in [0.1, 0.15) is 51.2 Å². The van der Waals surface area contributed by atoms with Crippen LogP contribution in [0.5, 0.6) is 0 Å². The molecule has 0 bridgehead atoms. The topological polar surface area (TPSA) is 23.8 Å². The van der Waals surface area contributed by atoms with E-state index in [0.717, 1.165) is 6.42 Å². The molecule has 0 aliphatic heterocycles. The maximum Gasteiger partial charge on any atom is 0.0991 e. The third-order valence-electron chi connectivity index (χ3n) is 3.41. The Kier molecular flexibility index (Phi) is 5.39. The second-order valence-electron chi connectivity index (χ2n) is 4.73. The van der Waals surface area contributed by atoms with Gasteiger partial charge in [-0.25, -0.2) is 0 Å². The van der Waals surface area contributed by atoms with Crippen molar-refractivity contribution in [3.05, 3.63) is 58.7 Å². The fourth-order valence-corrected chi connectivity index (χ4v) is 1.65. The molecule has 0 saturated heterocycles. The van der Waals surface area contributed by atoms with Crippen molar-refractivity contribution in [2.45, 2.75) is 40.0 Å². The van der Waals surface area contributed by atoms with Gasteiger partial charge in [0.1, 0.15) is 0 Å². The van der Waals surface area contributed by atoms with Crippen LogP contribution < -0.4 is 0 Å². The van der Waals surface area contributed by atoms with Crippen LogP contribution in [0.3, 0.4) is 0 Å². The van der Waals surface area contributed by atoms with Gasteiger partial charge in [0.2, 0.25) is 0 Å². The van der Waals surface area contributed by atoms with E-state index in [-0.39, 0.29) is 0 Å². The maximum atomic E-state index is 8.78. The van der Waals surface area contributed by atoms with E-state index in [2.05, 4.69) is 45.9 Å². The van der Waals surface area contributed by atoms with Gasteiger partial charge < -0.3 is 0 Å². The van der Waals surface area contributed by atoms with E-state index in [9.17, 15) is 0 Å². The zero-order chi connectivity index (χ0) is 13.5. The van der Waals surface area contributed by atoms with E-state index in [1.165, 1.54) is 16.7 Å². The summed E-state index contributed by atoms with van der Waals surface area (Å²) in [6, 6.07) is 9.99. The van der Waals surface area contributed by atoms with E-state index in [1.54, 1.807) is 0 Å². The highest BCUT2D eigenvalue weighted by molar-refractivity contribution is 5.36. The van der Waals surface area contributed by atoms with Crippen LogP contribution in [0.15, 0.2) is 47.6 Å². The predicted octanol–water partition coefficient (Wildman–Crippen LogP) is 4.96. The highest BCUT2D eigenvalue weighted by Crippen LogP contribution is 2.23. The molecule has 0 fully saturated rings. The zero-order valence-electron chi connectivity index (χ0n) is 11.7. The van der Waals surface area contributed by atoms with Crippen molar-refractivity contribution in [3.8, 4) is 6.07 Å². The first kappa shape index (κ1) is 14.3. The van der Waals surface area contributed by atoms with Crippen molar-refractivity contribution in [3.63, 3.8) is 0 Å². The molecule has 1 rings (SSSR count). The number of benzene rings is 1. The van der Waals surface area contributed by atoms with Crippen molar-refractivity contribution in [2.24, 2.45) is 0 Å². The Morgan fingerprint density at radius 2 is 1.83 bits per heavy atom. The van der Waals surface area contributed by atoms with Crippen LogP contribution in [-0.2, 0) is 0 Å². The van der Waals surface area contributed by atoms with Gasteiger partial charge >= 0.3 is 0 Å². The molecular formula is C17H21N. The maximum absolute atomic E-state index is 8.78. The van der Waals surface area contributed by atoms with Gasteiger partial charge in [-0.05, 0) is 38.0 Å². The second kappa shape index (κ2) is 6.81. The fourth-order valence-electron chi connectivity index (χ4n) is 1.65. The molecule has 1 atom stereocenters. The first-order valence-electron chi connectivity index (χ1n) is 6.42. The minimum Gasteiger partial charge on any atom is -0.192 e. The van der Waals surface area contributed by atoms with E-state index >= 15 is 0 Å². The van der Waals surface area contributed by atoms with Gasteiger partial charge in [-0.2, -0.15) is 5.26 Å². The average molecular weight is 239 g/mol. The lowest BCUT2D eigenvalue weighted by Crippen LogP contribution is -1.95. The number of nitriles is 1. The minimum absolute atomic E-state index is 0.388. The number of nitrogens with zero attached hydrogens (tertiary/aromatic N) is 1. The summed E-state index contributed by atoms with van der Waals surface area (Å²) in [6.07, 6.45) is 5.48. The summed E-state index contributed by atoms with van der Waals surface area (Å²) in [5.41, 5.74) is 4.70. The van der Waals surface area contributed by atoms with Gasteiger partial charge in [0, 0.05) is 5.92 Å². The summed E-state index contributed by atoms with van der Waals surface area (Å²) in [5.74, 6) is 0.388. The quantitative estimate of drug-likeness (QED) is 0.681. The molecule has 1 heteroatoms. The molecule has 0 aromatic heterocycles. The number of hydrogen-bond donors (Lipinski definition) is 0. The van der Waals surface area contributed by atoms with E-state index in [1.807, 2.05) is 24.3 Å². The van der Waals surface area contributed by atoms with E-state index in [0.29, 0.717) is 11.5 Å². The van der Waals surface area contributed by atoms with Gasteiger partial charge in [0.25, 0.3) is 0 Å². The molecule has 0 amide bonds. The molecule has 0 saturated carbocycles. The third-order valence-corrected chi connectivity index (χ3v) is 3.41. The molecule has 1 nitrogen and oxygen atoms in total. The second-order valence-corrected chi connectivity index (χ2v) is 4.73. The third kappa shape index (κ3) is 3.89. The summed E-state index contributed by atoms with van der Waals surface area (Å²) in [7, 11) is 0.